The molecule has 0 saturated carbocycles. The minimum absolute atomic E-state index is 0.223. The summed E-state index contributed by atoms with van der Waals surface area (Å²) in [5.74, 6) is -0.594. The number of aliphatic carboxylic acids is 1. The van der Waals surface area contributed by atoms with Crippen molar-refractivity contribution in [2.45, 2.75) is 124 Å². The normalized spacial score (nSPS) is 23.2. The standard InChI is InChI=1S/C29H50O4/c1-20(13-9-17-29(7,33)18-10-14-22(3)28(31)32)11-8-12-21(2)15-16-26-19-27(30)25(6)23(4)24(26)5/h11,19,21-22,25,27,30,33H,8-10,12-18H2,1-7H3,(H,31,32)/p-1/b20-11+. The molecule has 0 aliphatic heterocycles. The number of allylic oxidation sites excluding steroid dienone is 4. The Morgan fingerprint density at radius 1 is 1.18 bits per heavy atom. The monoisotopic (exact) mass is 461 g/mol. The second-order valence-corrected chi connectivity index (χ2v) is 11.0. The third-order valence-electron chi connectivity index (χ3n) is 7.74. The van der Waals surface area contributed by atoms with Crippen LogP contribution < -0.4 is 5.11 Å². The maximum atomic E-state index is 10.8. The molecule has 0 saturated heterocycles. The fourth-order valence-electron chi connectivity index (χ4n) is 4.64. The van der Waals surface area contributed by atoms with E-state index in [2.05, 4.69) is 46.8 Å². The van der Waals surface area contributed by atoms with Crippen LogP contribution in [0.2, 0.25) is 0 Å². The van der Waals surface area contributed by atoms with Crippen LogP contribution in [-0.4, -0.2) is 27.9 Å². The number of rotatable bonds is 15. The van der Waals surface area contributed by atoms with E-state index in [9.17, 15) is 20.1 Å². The predicted octanol–water partition coefficient (Wildman–Crippen LogP) is 5.88. The summed E-state index contributed by atoms with van der Waals surface area (Å²) >= 11 is 0. The van der Waals surface area contributed by atoms with E-state index in [1.54, 1.807) is 6.92 Å². The first-order valence-corrected chi connectivity index (χ1v) is 13.0. The molecule has 4 nitrogen and oxygen atoms in total. The van der Waals surface area contributed by atoms with E-state index in [4.69, 9.17) is 0 Å². The third kappa shape index (κ3) is 11.1. The molecular weight excluding hydrogens is 412 g/mol. The average molecular weight is 462 g/mol. The minimum Gasteiger partial charge on any atom is -0.550 e. The van der Waals surface area contributed by atoms with E-state index < -0.39 is 17.5 Å². The Kier molecular flexibility index (Phi) is 12.7. The molecule has 33 heavy (non-hydrogen) atoms. The van der Waals surface area contributed by atoms with Crippen molar-refractivity contribution in [2.75, 3.05) is 0 Å². The Morgan fingerprint density at radius 3 is 2.45 bits per heavy atom. The van der Waals surface area contributed by atoms with Crippen molar-refractivity contribution in [2.24, 2.45) is 17.8 Å². The summed E-state index contributed by atoms with van der Waals surface area (Å²) in [7, 11) is 0. The van der Waals surface area contributed by atoms with Gasteiger partial charge in [0.05, 0.1) is 11.7 Å². The molecule has 4 heteroatoms. The van der Waals surface area contributed by atoms with Crippen LogP contribution in [0.5, 0.6) is 0 Å². The van der Waals surface area contributed by atoms with Gasteiger partial charge in [-0.2, -0.15) is 0 Å². The van der Waals surface area contributed by atoms with Gasteiger partial charge in [-0.15, -0.1) is 0 Å². The van der Waals surface area contributed by atoms with Gasteiger partial charge in [-0.25, -0.2) is 0 Å². The van der Waals surface area contributed by atoms with E-state index in [0.29, 0.717) is 25.2 Å². The van der Waals surface area contributed by atoms with Gasteiger partial charge in [0, 0.05) is 11.9 Å². The summed E-state index contributed by atoms with van der Waals surface area (Å²) < 4.78 is 0. The van der Waals surface area contributed by atoms with Crippen molar-refractivity contribution in [3.63, 3.8) is 0 Å². The lowest BCUT2D eigenvalue weighted by Crippen LogP contribution is -2.30. The van der Waals surface area contributed by atoms with Gasteiger partial charge in [0.2, 0.25) is 0 Å². The summed E-state index contributed by atoms with van der Waals surface area (Å²) in [5.41, 5.74) is 4.64. The Bertz CT molecular complexity index is 713. The van der Waals surface area contributed by atoms with Gasteiger partial charge in [-0.05, 0) is 115 Å². The summed E-state index contributed by atoms with van der Waals surface area (Å²) in [4.78, 5) is 10.8. The smallest absolute Gasteiger partial charge is 0.0789 e. The molecule has 0 amide bonds. The summed E-state index contributed by atoms with van der Waals surface area (Å²) in [5, 5.41) is 31.6. The summed E-state index contributed by atoms with van der Waals surface area (Å²) in [6, 6.07) is 0. The van der Waals surface area contributed by atoms with Gasteiger partial charge in [-0.3, -0.25) is 0 Å². The van der Waals surface area contributed by atoms with Crippen molar-refractivity contribution >= 4 is 5.97 Å². The van der Waals surface area contributed by atoms with Crippen LogP contribution in [0.25, 0.3) is 0 Å². The zero-order chi connectivity index (χ0) is 25.2. The zero-order valence-electron chi connectivity index (χ0n) is 22.2. The number of carbonyl (C=O) groups excluding carboxylic acids is 1. The largest absolute Gasteiger partial charge is 0.550 e. The van der Waals surface area contributed by atoms with Crippen LogP contribution in [0.1, 0.15) is 113 Å². The van der Waals surface area contributed by atoms with Crippen LogP contribution in [0.4, 0.5) is 0 Å². The Labute approximate surface area is 202 Å². The highest BCUT2D eigenvalue weighted by Crippen LogP contribution is 2.33. The highest BCUT2D eigenvalue weighted by molar-refractivity contribution is 5.66. The highest BCUT2D eigenvalue weighted by atomic mass is 16.4. The second-order valence-electron chi connectivity index (χ2n) is 11.0. The lowest BCUT2D eigenvalue weighted by atomic mass is 9.81. The quantitative estimate of drug-likeness (QED) is 0.298. The zero-order valence-corrected chi connectivity index (χ0v) is 22.2. The molecule has 190 valence electrons. The predicted molar refractivity (Wildman–Crippen MR) is 136 cm³/mol. The molecule has 0 bridgehead atoms. The molecule has 1 aliphatic carbocycles. The molecule has 0 radical (unpaired) electrons. The van der Waals surface area contributed by atoms with Gasteiger partial charge >= 0.3 is 0 Å². The summed E-state index contributed by atoms with van der Waals surface area (Å²) in [6.07, 6.45) is 13.0. The van der Waals surface area contributed by atoms with Crippen molar-refractivity contribution < 1.29 is 20.1 Å². The highest BCUT2D eigenvalue weighted by Gasteiger charge is 2.23. The SMILES string of the molecule is CC1=C(C)C(C)C(O)C=C1CCC(C)CC/C=C(\C)CCCC(C)(O)CCCC(C)C(=O)[O-]. The van der Waals surface area contributed by atoms with Gasteiger partial charge in [0.25, 0.3) is 0 Å². The Hall–Kier alpha value is -1.39. The first-order chi connectivity index (χ1) is 15.3. The molecule has 0 heterocycles. The molecule has 0 spiro atoms. The molecule has 0 aromatic rings. The maximum Gasteiger partial charge on any atom is 0.0789 e. The fraction of sp³-hybridized carbons (Fsp3) is 0.759. The third-order valence-corrected chi connectivity index (χ3v) is 7.74. The number of aliphatic hydroxyl groups excluding tert-OH is 1. The molecule has 2 N–H and O–H groups in total. The molecule has 1 rings (SSSR count). The number of aliphatic hydroxyl groups is 2. The molecular formula is C29H49O4-. The first-order valence-electron chi connectivity index (χ1n) is 13.0. The van der Waals surface area contributed by atoms with Crippen LogP contribution in [-0.2, 0) is 4.79 Å². The van der Waals surface area contributed by atoms with Gasteiger partial charge in [0.15, 0.2) is 0 Å². The molecule has 1 aliphatic rings. The maximum absolute atomic E-state index is 10.8. The molecule has 5 atom stereocenters. The van der Waals surface area contributed by atoms with Crippen molar-refractivity contribution in [3.05, 3.63) is 34.4 Å². The van der Waals surface area contributed by atoms with Gasteiger partial charge in [-0.1, -0.05) is 44.1 Å². The first kappa shape index (κ1) is 29.6. The fourth-order valence-corrected chi connectivity index (χ4v) is 4.64. The molecule has 0 aromatic carbocycles. The van der Waals surface area contributed by atoms with E-state index in [0.717, 1.165) is 38.5 Å². The molecule has 0 fully saturated rings. The van der Waals surface area contributed by atoms with Crippen molar-refractivity contribution in [1.29, 1.82) is 0 Å². The average Bonchev–Trinajstić information content (AvgIpc) is 2.73. The van der Waals surface area contributed by atoms with E-state index >= 15 is 0 Å². The van der Waals surface area contributed by atoms with Crippen LogP contribution in [0, 0.1) is 17.8 Å². The van der Waals surface area contributed by atoms with Crippen LogP contribution in [0.15, 0.2) is 34.4 Å². The topological polar surface area (TPSA) is 80.6 Å². The number of carbonyl (C=O) groups is 1. The second kappa shape index (κ2) is 14.1. The summed E-state index contributed by atoms with van der Waals surface area (Å²) in [6.45, 7) is 14.4. The lowest BCUT2D eigenvalue weighted by Gasteiger charge is -2.27. The van der Waals surface area contributed by atoms with E-state index in [1.165, 1.54) is 28.7 Å². The van der Waals surface area contributed by atoms with Crippen LogP contribution >= 0.6 is 0 Å². The molecule has 5 unspecified atom stereocenters. The Morgan fingerprint density at radius 2 is 1.82 bits per heavy atom. The number of hydrogen-bond acceptors (Lipinski definition) is 4. The number of hydrogen-bond donors (Lipinski definition) is 2. The van der Waals surface area contributed by atoms with Crippen molar-refractivity contribution in [1.82, 2.24) is 0 Å². The van der Waals surface area contributed by atoms with E-state index in [-0.39, 0.29) is 12.0 Å². The molecule has 0 aromatic heterocycles. The van der Waals surface area contributed by atoms with Crippen LogP contribution in [0.3, 0.4) is 0 Å². The van der Waals surface area contributed by atoms with Gasteiger partial charge < -0.3 is 20.1 Å². The van der Waals surface area contributed by atoms with Crippen molar-refractivity contribution in [3.8, 4) is 0 Å². The lowest BCUT2D eigenvalue weighted by molar-refractivity contribution is -0.311. The minimum atomic E-state index is -1.01. The number of carboxylic acid groups (broad SMARTS) is 1. The van der Waals surface area contributed by atoms with Gasteiger partial charge in [0.1, 0.15) is 0 Å². The number of carboxylic acids is 1. The van der Waals surface area contributed by atoms with E-state index in [1.807, 2.05) is 6.92 Å². The Balaban J connectivity index is 2.28.